The van der Waals surface area contributed by atoms with Gasteiger partial charge in [0.05, 0.1) is 22.6 Å². The van der Waals surface area contributed by atoms with Crippen molar-refractivity contribution in [3.63, 3.8) is 0 Å². The maximum atomic E-state index is 12.9. The van der Waals surface area contributed by atoms with E-state index < -0.39 is 28.2 Å². The zero-order valence-corrected chi connectivity index (χ0v) is 20.1. The van der Waals surface area contributed by atoms with E-state index in [1.54, 1.807) is 41.5 Å². The standard InChI is InChI=1S/C25H32N2O6/c1-24(2,3)32-22(28)19-12-13-21(27(30)31)20(16-19)17-26(23(29)33-25(4,5)6)15-14-18-10-8-7-9-11-18/h7-13,16H,14-15,17H2,1-6H3. The first-order valence-electron chi connectivity index (χ1n) is 10.8. The lowest BCUT2D eigenvalue weighted by atomic mass is 10.1. The van der Waals surface area contributed by atoms with Crippen molar-refractivity contribution in [2.24, 2.45) is 0 Å². The third kappa shape index (κ3) is 8.56. The monoisotopic (exact) mass is 456 g/mol. The predicted molar refractivity (Wildman–Crippen MR) is 125 cm³/mol. The average molecular weight is 457 g/mol. The van der Waals surface area contributed by atoms with Crippen molar-refractivity contribution in [3.05, 3.63) is 75.3 Å². The van der Waals surface area contributed by atoms with Crippen molar-refractivity contribution in [2.75, 3.05) is 6.54 Å². The largest absolute Gasteiger partial charge is 0.456 e. The van der Waals surface area contributed by atoms with Crippen molar-refractivity contribution in [3.8, 4) is 0 Å². The molecule has 0 unspecified atom stereocenters. The van der Waals surface area contributed by atoms with Crippen LogP contribution in [0.5, 0.6) is 0 Å². The van der Waals surface area contributed by atoms with Crippen molar-refractivity contribution in [2.45, 2.75) is 65.7 Å². The third-order valence-corrected chi connectivity index (χ3v) is 4.44. The first-order valence-corrected chi connectivity index (χ1v) is 10.8. The summed E-state index contributed by atoms with van der Waals surface area (Å²) < 4.78 is 10.9. The lowest BCUT2D eigenvalue weighted by Crippen LogP contribution is -2.37. The van der Waals surface area contributed by atoms with Crippen LogP contribution < -0.4 is 0 Å². The van der Waals surface area contributed by atoms with Gasteiger partial charge >= 0.3 is 12.1 Å². The summed E-state index contributed by atoms with van der Waals surface area (Å²) >= 11 is 0. The Morgan fingerprint density at radius 3 is 2.09 bits per heavy atom. The van der Waals surface area contributed by atoms with Crippen LogP contribution >= 0.6 is 0 Å². The van der Waals surface area contributed by atoms with Gasteiger partial charge in [-0.15, -0.1) is 0 Å². The molecule has 178 valence electrons. The van der Waals surface area contributed by atoms with E-state index in [4.69, 9.17) is 9.47 Å². The van der Waals surface area contributed by atoms with Gasteiger partial charge in [-0.05, 0) is 65.7 Å². The van der Waals surface area contributed by atoms with E-state index >= 15 is 0 Å². The molecule has 0 bridgehead atoms. The lowest BCUT2D eigenvalue weighted by molar-refractivity contribution is -0.385. The maximum absolute atomic E-state index is 12.9. The molecular formula is C25H32N2O6. The molecule has 0 N–H and O–H groups in total. The summed E-state index contributed by atoms with van der Waals surface area (Å²) in [4.78, 5) is 38.0. The van der Waals surface area contributed by atoms with E-state index in [-0.39, 0.29) is 29.9 Å². The van der Waals surface area contributed by atoms with Gasteiger partial charge in [0.1, 0.15) is 11.2 Å². The lowest BCUT2D eigenvalue weighted by Gasteiger charge is -2.27. The van der Waals surface area contributed by atoms with Gasteiger partial charge in [0.2, 0.25) is 0 Å². The minimum absolute atomic E-state index is 0.0886. The summed E-state index contributed by atoms with van der Waals surface area (Å²) in [5.74, 6) is -0.591. The number of nitro groups is 1. The van der Waals surface area contributed by atoms with Crippen LogP contribution in [0.1, 0.15) is 63.0 Å². The van der Waals surface area contributed by atoms with Crippen LogP contribution in [0.25, 0.3) is 0 Å². The maximum Gasteiger partial charge on any atom is 0.410 e. The highest BCUT2D eigenvalue weighted by molar-refractivity contribution is 5.90. The Labute approximate surface area is 194 Å². The Hall–Kier alpha value is -3.42. The zero-order chi connectivity index (χ0) is 24.8. The highest BCUT2D eigenvalue weighted by Crippen LogP contribution is 2.24. The summed E-state index contributed by atoms with van der Waals surface area (Å²) in [6.07, 6.45) is -0.0463. The molecule has 2 aromatic carbocycles. The number of amides is 1. The van der Waals surface area contributed by atoms with Crippen LogP contribution in [0.15, 0.2) is 48.5 Å². The normalized spacial score (nSPS) is 11.6. The summed E-state index contributed by atoms with van der Waals surface area (Å²) in [6.45, 7) is 10.7. The molecule has 2 aromatic rings. The van der Waals surface area contributed by atoms with Crippen LogP contribution in [0.4, 0.5) is 10.5 Å². The smallest absolute Gasteiger partial charge is 0.410 e. The molecule has 0 saturated carbocycles. The van der Waals surface area contributed by atoms with E-state index in [2.05, 4.69) is 0 Å². The molecule has 0 aliphatic carbocycles. The van der Waals surface area contributed by atoms with E-state index in [1.165, 1.54) is 23.1 Å². The van der Waals surface area contributed by atoms with E-state index in [0.717, 1.165) is 5.56 Å². The Kier molecular flexibility index (Phi) is 8.19. The van der Waals surface area contributed by atoms with Crippen molar-refractivity contribution in [1.82, 2.24) is 4.90 Å². The van der Waals surface area contributed by atoms with Gasteiger partial charge in [-0.2, -0.15) is 0 Å². The molecule has 0 atom stereocenters. The number of carbonyl (C=O) groups excluding carboxylic acids is 2. The molecule has 8 heteroatoms. The molecule has 0 saturated heterocycles. The molecule has 8 nitrogen and oxygen atoms in total. The Bertz CT molecular complexity index is 990. The predicted octanol–water partition coefficient (Wildman–Crippen LogP) is 5.53. The molecule has 2 rings (SSSR count). The van der Waals surface area contributed by atoms with Crippen LogP contribution in [0.3, 0.4) is 0 Å². The fraction of sp³-hybridized carbons (Fsp3) is 0.440. The van der Waals surface area contributed by atoms with Gasteiger partial charge < -0.3 is 14.4 Å². The van der Waals surface area contributed by atoms with Gasteiger partial charge in [0.25, 0.3) is 5.69 Å². The molecular weight excluding hydrogens is 424 g/mol. The average Bonchev–Trinajstić information content (AvgIpc) is 2.69. The summed E-state index contributed by atoms with van der Waals surface area (Å²) in [7, 11) is 0. The molecule has 33 heavy (non-hydrogen) atoms. The second-order valence-electron chi connectivity index (χ2n) is 9.74. The topological polar surface area (TPSA) is 99.0 Å². The quantitative estimate of drug-likeness (QED) is 0.309. The number of ether oxygens (including phenoxy) is 2. The van der Waals surface area contributed by atoms with Crippen LogP contribution in [-0.2, 0) is 22.4 Å². The summed E-state index contributed by atoms with van der Waals surface area (Å²) in [5.41, 5.74) is -0.206. The van der Waals surface area contributed by atoms with Crippen LogP contribution in [0, 0.1) is 10.1 Å². The molecule has 0 spiro atoms. The van der Waals surface area contributed by atoms with Crippen LogP contribution in [-0.4, -0.2) is 39.6 Å². The highest BCUT2D eigenvalue weighted by atomic mass is 16.6. The highest BCUT2D eigenvalue weighted by Gasteiger charge is 2.26. The van der Waals surface area contributed by atoms with Crippen molar-refractivity contribution < 1.29 is 24.0 Å². The number of hydrogen-bond acceptors (Lipinski definition) is 6. The molecule has 1 amide bonds. The molecule has 0 aliphatic rings. The SMILES string of the molecule is CC(C)(C)OC(=O)c1ccc([N+](=O)[O-])c(CN(CCc2ccccc2)C(=O)OC(C)(C)C)c1. The zero-order valence-electron chi connectivity index (χ0n) is 20.1. The van der Waals surface area contributed by atoms with E-state index in [1.807, 2.05) is 30.3 Å². The second-order valence-corrected chi connectivity index (χ2v) is 9.74. The molecule has 0 aromatic heterocycles. The summed E-state index contributed by atoms with van der Waals surface area (Å²) in [6, 6.07) is 13.6. The van der Waals surface area contributed by atoms with Gasteiger partial charge in [-0.3, -0.25) is 10.1 Å². The van der Waals surface area contributed by atoms with Crippen molar-refractivity contribution in [1.29, 1.82) is 0 Å². The summed E-state index contributed by atoms with van der Waals surface area (Å²) in [5, 5.41) is 11.6. The van der Waals surface area contributed by atoms with E-state index in [9.17, 15) is 19.7 Å². The fourth-order valence-corrected chi connectivity index (χ4v) is 3.03. The fourth-order valence-electron chi connectivity index (χ4n) is 3.03. The Morgan fingerprint density at radius 2 is 1.55 bits per heavy atom. The number of benzene rings is 2. The first-order chi connectivity index (χ1) is 15.2. The molecule has 0 radical (unpaired) electrons. The van der Waals surface area contributed by atoms with Gasteiger partial charge in [-0.25, -0.2) is 9.59 Å². The van der Waals surface area contributed by atoms with Crippen LogP contribution in [0.2, 0.25) is 0 Å². The van der Waals surface area contributed by atoms with Crippen molar-refractivity contribution >= 4 is 17.7 Å². The number of nitro benzene ring substituents is 1. The third-order valence-electron chi connectivity index (χ3n) is 4.44. The van der Waals surface area contributed by atoms with Gasteiger partial charge in [0.15, 0.2) is 0 Å². The van der Waals surface area contributed by atoms with Gasteiger partial charge in [0, 0.05) is 12.6 Å². The number of carbonyl (C=O) groups is 2. The van der Waals surface area contributed by atoms with E-state index in [0.29, 0.717) is 6.42 Å². The Morgan fingerprint density at radius 1 is 0.939 bits per heavy atom. The minimum atomic E-state index is -0.730. The number of rotatable bonds is 7. The number of esters is 1. The first kappa shape index (κ1) is 25.8. The molecule has 0 aliphatic heterocycles. The number of nitrogens with zero attached hydrogens (tertiary/aromatic N) is 2. The number of hydrogen-bond donors (Lipinski definition) is 0. The van der Waals surface area contributed by atoms with Gasteiger partial charge in [-0.1, -0.05) is 30.3 Å². The minimum Gasteiger partial charge on any atom is -0.456 e. The Balaban J connectivity index is 2.36. The second kappa shape index (κ2) is 10.5. The molecule has 0 fully saturated rings. The molecule has 0 heterocycles.